The zero-order valence-electron chi connectivity index (χ0n) is 10.6. The highest BCUT2D eigenvalue weighted by Gasteiger charge is 2.12. The number of nitrogens with two attached hydrogens (primary N) is 2. The lowest BCUT2D eigenvalue weighted by atomic mass is 10.1. The lowest BCUT2D eigenvalue weighted by Crippen LogP contribution is -2.16. The molecule has 0 bridgehead atoms. The van der Waals surface area contributed by atoms with E-state index in [1.165, 1.54) is 0 Å². The Balaban J connectivity index is 2.26. The van der Waals surface area contributed by atoms with E-state index in [1.807, 2.05) is 25.1 Å². The number of nitrogen functional groups attached to an aromatic ring is 1. The van der Waals surface area contributed by atoms with Crippen LogP contribution in [0.2, 0.25) is 0 Å². The number of anilines is 2. The number of pyridine rings is 1. The average molecular weight is 256 g/mol. The highest BCUT2D eigenvalue weighted by Crippen LogP contribution is 2.23. The molecule has 1 heterocycles. The van der Waals surface area contributed by atoms with Gasteiger partial charge in [-0.25, -0.2) is 0 Å². The molecule has 5 N–H and O–H groups in total. The second-order valence-corrected chi connectivity index (χ2v) is 4.29. The number of carbonyl (C=O) groups is 1. The standard InChI is InChI=1S/C14H16N4O/c1-9(12-4-2-3-7-17-12)18-13-6-5-10(15)8-11(13)14(16)19/h2-9,18H,15H2,1H3,(H2,16,19). The molecule has 0 fully saturated rings. The number of primary amides is 1. The molecular formula is C14H16N4O. The fraction of sp³-hybridized carbons (Fsp3) is 0.143. The summed E-state index contributed by atoms with van der Waals surface area (Å²) in [4.78, 5) is 15.7. The number of aromatic nitrogens is 1. The second-order valence-electron chi connectivity index (χ2n) is 4.29. The van der Waals surface area contributed by atoms with Crippen LogP contribution in [0, 0.1) is 0 Å². The van der Waals surface area contributed by atoms with Crippen molar-refractivity contribution in [3.63, 3.8) is 0 Å². The molecule has 0 saturated carbocycles. The van der Waals surface area contributed by atoms with E-state index in [1.54, 1.807) is 24.4 Å². The zero-order chi connectivity index (χ0) is 13.8. The maximum Gasteiger partial charge on any atom is 0.250 e. The number of hydrogen-bond donors (Lipinski definition) is 3. The number of carbonyl (C=O) groups excluding carboxylic acids is 1. The van der Waals surface area contributed by atoms with Crippen LogP contribution in [0.5, 0.6) is 0 Å². The molecule has 0 radical (unpaired) electrons. The van der Waals surface area contributed by atoms with Gasteiger partial charge in [0.2, 0.25) is 0 Å². The summed E-state index contributed by atoms with van der Waals surface area (Å²) in [5.41, 5.74) is 13.4. The maximum absolute atomic E-state index is 11.4. The van der Waals surface area contributed by atoms with Crippen LogP contribution in [0.25, 0.3) is 0 Å². The molecule has 19 heavy (non-hydrogen) atoms. The number of benzene rings is 1. The fourth-order valence-corrected chi connectivity index (χ4v) is 1.83. The van der Waals surface area contributed by atoms with Gasteiger partial charge in [0.1, 0.15) is 0 Å². The molecule has 2 rings (SSSR count). The van der Waals surface area contributed by atoms with Crippen LogP contribution < -0.4 is 16.8 Å². The number of amides is 1. The summed E-state index contributed by atoms with van der Waals surface area (Å²) in [6, 6.07) is 10.7. The zero-order valence-corrected chi connectivity index (χ0v) is 10.6. The molecule has 0 aliphatic carbocycles. The summed E-state index contributed by atoms with van der Waals surface area (Å²) in [6.07, 6.45) is 1.73. The highest BCUT2D eigenvalue weighted by molar-refractivity contribution is 5.99. The SMILES string of the molecule is CC(Nc1ccc(N)cc1C(N)=O)c1ccccn1. The van der Waals surface area contributed by atoms with Gasteiger partial charge in [-0.3, -0.25) is 9.78 Å². The normalized spacial score (nSPS) is 11.8. The minimum absolute atomic E-state index is 0.0390. The Morgan fingerprint density at radius 1 is 1.32 bits per heavy atom. The Kier molecular flexibility index (Phi) is 3.66. The van der Waals surface area contributed by atoms with Gasteiger partial charge in [-0.1, -0.05) is 6.07 Å². The predicted octanol–water partition coefficient (Wildman–Crippen LogP) is 1.94. The van der Waals surface area contributed by atoms with Gasteiger partial charge in [0.15, 0.2) is 0 Å². The molecule has 0 saturated heterocycles. The third kappa shape index (κ3) is 3.01. The van der Waals surface area contributed by atoms with Crippen molar-refractivity contribution in [1.29, 1.82) is 0 Å². The van der Waals surface area contributed by atoms with Crippen LogP contribution in [0.15, 0.2) is 42.6 Å². The van der Waals surface area contributed by atoms with Crippen molar-refractivity contribution >= 4 is 17.3 Å². The monoisotopic (exact) mass is 256 g/mol. The van der Waals surface area contributed by atoms with Crippen molar-refractivity contribution in [2.45, 2.75) is 13.0 Å². The molecule has 0 aliphatic heterocycles. The van der Waals surface area contributed by atoms with E-state index < -0.39 is 5.91 Å². The molecule has 0 spiro atoms. The molecule has 5 nitrogen and oxygen atoms in total. The molecule has 1 aromatic carbocycles. The lowest BCUT2D eigenvalue weighted by molar-refractivity contribution is 0.100. The summed E-state index contributed by atoms with van der Waals surface area (Å²) in [6.45, 7) is 1.96. The second kappa shape index (κ2) is 5.39. The van der Waals surface area contributed by atoms with Crippen molar-refractivity contribution in [1.82, 2.24) is 4.98 Å². The third-order valence-electron chi connectivity index (χ3n) is 2.81. The van der Waals surface area contributed by atoms with Crippen LogP contribution in [-0.4, -0.2) is 10.9 Å². The Labute approximate surface area is 111 Å². The van der Waals surface area contributed by atoms with Gasteiger partial charge in [0.05, 0.1) is 17.3 Å². The van der Waals surface area contributed by atoms with Crippen molar-refractivity contribution in [2.75, 3.05) is 11.1 Å². The Hall–Kier alpha value is -2.56. The van der Waals surface area contributed by atoms with E-state index in [-0.39, 0.29) is 6.04 Å². The molecule has 98 valence electrons. The minimum Gasteiger partial charge on any atom is -0.399 e. The quantitative estimate of drug-likeness (QED) is 0.728. The molecule has 2 aromatic rings. The summed E-state index contributed by atoms with van der Waals surface area (Å²) in [5.74, 6) is -0.511. The first-order chi connectivity index (χ1) is 9.08. The molecule has 1 atom stereocenters. The van der Waals surface area contributed by atoms with Gasteiger partial charge in [-0.05, 0) is 37.3 Å². The smallest absolute Gasteiger partial charge is 0.250 e. The Morgan fingerprint density at radius 2 is 2.11 bits per heavy atom. The van der Waals surface area contributed by atoms with Gasteiger partial charge >= 0.3 is 0 Å². The first-order valence-corrected chi connectivity index (χ1v) is 5.94. The van der Waals surface area contributed by atoms with Crippen molar-refractivity contribution in [2.24, 2.45) is 5.73 Å². The Bertz CT molecular complexity index is 583. The molecule has 5 heteroatoms. The molecule has 1 aromatic heterocycles. The van der Waals surface area contributed by atoms with Crippen LogP contribution in [0.4, 0.5) is 11.4 Å². The number of nitrogens with one attached hydrogen (secondary N) is 1. The van der Waals surface area contributed by atoms with Crippen LogP contribution >= 0.6 is 0 Å². The summed E-state index contributed by atoms with van der Waals surface area (Å²) >= 11 is 0. The number of hydrogen-bond acceptors (Lipinski definition) is 4. The van der Waals surface area contributed by atoms with Crippen molar-refractivity contribution < 1.29 is 4.79 Å². The van der Waals surface area contributed by atoms with Gasteiger partial charge < -0.3 is 16.8 Å². The predicted molar refractivity (Wildman–Crippen MR) is 75.6 cm³/mol. The van der Waals surface area contributed by atoms with Crippen LogP contribution in [0.1, 0.15) is 29.0 Å². The lowest BCUT2D eigenvalue weighted by Gasteiger charge is -2.17. The largest absolute Gasteiger partial charge is 0.399 e. The minimum atomic E-state index is -0.511. The average Bonchev–Trinajstić information content (AvgIpc) is 2.41. The Morgan fingerprint density at radius 3 is 2.74 bits per heavy atom. The van der Waals surface area contributed by atoms with Gasteiger partial charge in [-0.15, -0.1) is 0 Å². The summed E-state index contributed by atoms with van der Waals surface area (Å²) < 4.78 is 0. The topological polar surface area (TPSA) is 94.0 Å². The first kappa shape index (κ1) is 12.9. The molecular weight excluding hydrogens is 240 g/mol. The van der Waals surface area contributed by atoms with Gasteiger partial charge in [0.25, 0.3) is 5.91 Å². The van der Waals surface area contributed by atoms with Crippen molar-refractivity contribution in [3.8, 4) is 0 Å². The highest BCUT2D eigenvalue weighted by atomic mass is 16.1. The first-order valence-electron chi connectivity index (χ1n) is 5.94. The summed E-state index contributed by atoms with van der Waals surface area (Å²) in [5, 5.41) is 3.22. The van der Waals surface area contributed by atoms with Gasteiger partial charge in [0, 0.05) is 17.6 Å². The number of rotatable bonds is 4. The van der Waals surface area contributed by atoms with E-state index in [0.717, 1.165) is 5.69 Å². The van der Waals surface area contributed by atoms with E-state index in [0.29, 0.717) is 16.9 Å². The molecule has 0 aliphatic rings. The van der Waals surface area contributed by atoms with Crippen molar-refractivity contribution in [3.05, 3.63) is 53.9 Å². The van der Waals surface area contributed by atoms with Crippen LogP contribution in [0.3, 0.4) is 0 Å². The van der Waals surface area contributed by atoms with E-state index in [2.05, 4.69) is 10.3 Å². The third-order valence-corrected chi connectivity index (χ3v) is 2.81. The summed E-state index contributed by atoms with van der Waals surface area (Å²) in [7, 11) is 0. The van der Waals surface area contributed by atoms with E-state index >= 15 is 0 Å². The van der Waals surface area contributed by atoms with Crippen LogP contribution in [-0.2, 0) is 0 Å². The number of nitrogens with zero attached hydrogens (tertiary/aromatic N) is 1. The van der Waals surface area contributed by atoms with E-state index in [9.17, 15) is 4.79 Å². The fourth-order valence-electron chi connectivity index (χ4n) is 1.83. The van der Waals surface area contributed by atoms with E-state index in [4.69, 9.17) is 11.5 Å². The molecule has 1 amide bonds. The maximum atomic E-state index is 11.4. The van der Waals surface area contributed by atoms with Gasteiger partial charge in [-0.2, -0.15) is 0 Å². The molecule has 1 unspecified atom stereocenters.